The number of hydrogen-bond donors (Lipinski definition) is 3. The van der Waals surface area contributed by atoms with Crippen LogP contribution >= 0.6 is 0 Å². The number of pyridine rings is 1. The van der Waals surface area contributed by atoms with E-state index < -0.39 is 0 Å². The fourth-order valence-electron chi connectivity index (χ4n) is 2.05. The summed E-state index contributed by atoms with van der Waals surface area (Å²) in [6.07, 6.45) is 4.47. The number of nitrogens with one attached hydrogen (secondary N) is 2. The van der Waals surface area contributed by atoms with Crippen LogP contribution in [0.2, 0.25) is 0 Å². The number of anilines is 2. The summed E-state index contributed by atoms with van der Waals surface area (Å²) in [5, 5.41) is 5.98. The SMILES string of the molecule is CC.CC.CC(=O)NCC(C)Nc1nc(N)nc2cc(C(C)C)cnc12.CCCC. The van der Waals surface area contributed by atoms with Crippen molar-refractivity contribution < 1.29 is 4.79 Å². The third kappa shape index (κ3) is 11.5. The van der Waals surface area contributed by atoms with Crippen molar-refractivity contribution in [1.82, 2.24) is 20.3 Å². The molecule has 0 spiro atoms. The Morgan fingerprint density at radius 1 is 1.07 bits per heavy atom. The van der Waals surface area contributed by atoms with Crippen LogP contribution in [0, 0.1) is 0 Å². The number of nitrogens with two attached hydrogens (primary N) is 1. The topological polar surface area (TPSA) is 106 Å². The highest BCUT2D eigenvalue weighted by molar-refractivity contribution is 5.86. The van der Waals surface area contributed by atoms with Gasteiger partial charge in [0.1, 0.15) is 5.52 Å². The third-order valence-electron chi connectivity index (χ3n) is 3.78. The van der Waals surface area contributed by atoms with E-state index in [9.17, 15) is 4.79 Å². The quantitative estimate of drug-likeness (QED) is 0.567. The molecule has 2 rings (SSSR count). The fraction of sp³-hybridized carbons (Fsp3) is 0.652. The van der Waals surface area contributed by atoms with Gasteiger partial charge >= 0.3 is 0 Å². The van der Waals surface area contributed by atoms with Gasteiger partial charge in [-0.25, -0.2) is 4.98 Å². The zero-order valence-electron chi connectivity index (χ0n) is 20.8. The number of aromatic nitrogens is 3. The average molecular weight is 421 g/mol. The number of unbranched alkanes of at least 4 members (excludes halogenated alkanes) is 1. The second-order valence-electron chi connectivity index (χ2n) is 6.70. The fourth-order valence-corrected chi connectivity index (χ4v) is 2.05. The van der Waals surface area contributed by atoms with E-state index in [0.717, 1.165) is 5.56 Å². The van der Waals surface area contributed by atoms with Gasteiger partial charge in [0.2, 0.25) is 11.9 Å². The highest BCUT2D eigenvalue weighted by atomic mass is 16.1. The standard InChI is InChI=1S/C15H22N6O.C4H10.2C2H6/c1-8(2)11-5-12-13(18-7-11)14(21-15(16)20-12)19-9(3)6-17-10(4)22;1-3-4-2;2*1-2/h5,7-9H,6H2,1-4H3,(H,17,22)(H3,16,19,20,21);3-4H2,1-2H3;2*1-2H3. The molecule has 4 N–H and O–H groups in total. The summed E-state index contributed by atoms with van der Waals surface area (Å²) in [6.45, 7) is 20.5. The zero-order valence-corrected chi connectivity index (χ0v) is 20.8. The van der Waals surface area contributed by atoms with Crippen molar-refractivity contribution in [3.63, 3.8) is 0 Å². The molecular weight excluding hydrogens is 376 g/mol. The Balaban J connectivity index is 0. The van der Waals surface area contributed by atoms with Gasteiger partial charge in [-0.05, 0) is 24.5 Å². The van der Waals surface area contributed by atoms with E-state index in [1.54, 1.807) is 0 Å². The Hall–Kier alpha value is -2.44. The summed E-state index contributed by atoms with van der Waals surface area (Å²) in [6, 6.07) is 1.97. The van der Waals surface area contributed by atoms with Crippen molar-refractivity contribution in [2.24, 2.45) is 0 Å². The van der Waals surface area contributed by atoms with Gasteiger partial charge in [-0.15, -0.1) is 0 Å². The molecular formula is C23H44N6O. The first-order chi connectivity index (χ1) is 14.3. The molecule has 0 aromatic carbocycles. The van der Waals surface area contributed by atoms with Crippen molar-refractivity contribution in [3.8, 4) is 0 Å². The Bertz CT molecular complexity index is 716. The van der Waals surface area contributed by atoms with Crippen LogP contribution in [0.4, 0.5) is 11.8 Å². The number of amides is 1. The minimum Gasteiger partial charge on any atom is -0.368 e. The lowest BCUT2D eigenvalue weighted by Crippen LogP contribution is -2.33. The van der Waals surface area contributed by atoms with Crippen LogP contribution in [-0.4, -0.2) is 33.4 Å². The number of carbonyl (C=O) groups is 1. The van der Waals surface area contributed by atoms with Crippen LogP contribution in [0.1, 0.15) is 93.6 Å². The molecule has 2 heterocycles. The predicted molar refractivity (Wildman–Crippen MR) is 131 cm³/mol. The van der Waals surface area contributed by atoms with Gasteiger partial charge < -0.3 is 16.4 Å². The molecule has 0 aliphatic heterocycles. The molecule has 1 amide bonds. The molecule has 0 radical (unpaired) electrons. The van der Waals surface area contributed by atoms with Crippen molar-refractivity contribution in [3.05, 3.63) is 17.8 Å². The van der Waals surface area contributed by atoms with Gasteiger partial charge in [0.05, 0.1) is 5.52 Å². The highest BCUT2D eigenvalue weighted by Gasteiger charge is 2.12. The molecule has 2 aromatic rings. The predicted octanol–water partition coefficient (Wildman–Crippen LogP) is 5.53. The smallest absolute Gasteiger partial charge is 0.222 e. The number of rotatable bonds is 6. The number of fused-ring (bicyclic) bond motifs is 1. The minimum atomic E-state index is -0.0691. The molecule has 0 aliphatic carbocycles. The summed E-state index contributed by atoms with van der Waals surface area (Å²) in [4.78, 5) is 23.9. The van der Waals surface area contributed by atoms with Crippen LogP contribution in [0.3, 0.4) is 0 Å². The summed E-state index contributed by atoms with van der Waals surface area (Å²) < 4.78 is 0. The second kappa shape index (κ2) is 17.4. The first-order valence-corrected chi connectivity index (χ1v) is 11.2. The van der Waals surface area contributed by atoms with Crippen LogP contribution in [-0.2, 0) is 4.79 Å². The van der Waals surface area contributed by atoms with Gasteiger partial charge in [-0.2, -0.15) is 4.98 Å². The van der Waals surface area contributed by atoms with E-state index in [0.29, 0.717) is 29.3 Å². The van der Waals surface area contributed by atoms with E-state index in [-0.39, 0.29) is 17.9 Å². The van der Waals surface area contributed by atoms with Crippen molar-refractivity contribution in [2.45, 2.75) is 94.0 Å². The average Bonchev–Trinajstić information content (AvgIpc) is 2.74. The Morgan fingerprint density at radius 3 is 2.10 bits per heavy atom. The van der Waals surface area contributed by atoms with Crippen LogP contribution in [0.15, 0.2) is 12.3 Å². The van der Waals surface area contributed by atoms with Gasteiger partial charge in [0, 0.05) is 25.7 Å². The van der Waals surface area contributed by atoms with Gasteiger partial charge in [0.15, 0.2) is 5.82 Å². The van der Waals surface area contributed by atoms with E-state index in [4.69, 9.17) is 5.73 Å². The molecule has 0 saturated heterocycles. The summed E-state index contributed by atoms with van der Waals surface area (Å²) in [7, 11) is 0. The molecule has 1 unspecified atom stereocenters. The minimum absolute atomic E-state index is 0.00650. The zero-order chi connectivity index (χ0) is 23.7. The number of carbonyl (C=O) groups excluding carboxylic acids is 1. The van der Waals surface area contributed by atoms with Crippen molar-refractivity contribution >= 4 is 28.7 Å². The maximum atomic E-state index is 11.0. The maximum absolute atomic E-state index is 11.0. The van der Waals surface area contributed by atoms with Crippen LogP contribution in [0.5, 0.6) is 0 Å². The Labute approximate surface area is 183 Å². The molecule has 0 saturated carbocycles. The number of hydrogen-bond acceptors (Lipinski definition) is 6. The second-order valence-corrected chi connectivity index (χ2v) is 6.70. The molecule has 1 atom stereocenters. The molecule has 172 valence electrons. The van der Waals surface area contributed by atoms with Crippen LogP contribution < -0.4 is 16.4 Å². The summed E-state index contributed by atoms with van der Waals surface area (Å²) in [5.74, 6) is 1.07. The van der Waals surface area contributed by atoms with E-state index in [1.807, 2.05) is 46.9 Å². The molecule has 30 heavy (non-hydrogen) atoms. The molecule has 2 aromatic heterocycles. The normalized spacial score (nSPS) is 10.5. The monoisotopic (exact) mass is 420 g/mol. The Morgan fingerprint density at radius 2 is 1.63 bits per heavy atom. The van der Waals surface area contributed by atoms with Crippen molar-refractivity contribution in [2.75, 3.05) is 17.6 Å². The van der Waals surface area contributed by atoms with Gasteiger partial charge in [0.25, 0.3) is 0 Å². The van der Waals surface area contributed by atoms with E-state index in [1.165, 1.54) is 19.8 Å². The summed E-state index contributed by atoms with van der Waals surface area (Å²) in [5.41, 5.74) is 8.28. The van der Waals surface area contributed by atoms with E-state index in [2.05, 4.69) is 53.3 Å². The number of nitrogen functional groups attached to an aromatic ring is 1. The first kappa shape index (κ1) is 29.8. The lowest BCUT2D eigenvalue weighted by Gasteiger charge is -2.16. The maximum Gasteiger partial charge on any atom is 0.222 e. The molecule has 0 aliphatic rings. The largest absolute Gasteiger partial charge is 0.368 e. The lowest BCUT2D eigenvalue weighted by atomic mass is 10.1. The lowest BCUT2D eigenvalue weighted by molar-refractivity contribution is -0.118. The third-order valence-corrected chi connectivity index (χ3v) is 3.78. The first-order valence-electron chi connectivity index (χ1n) is 11.2. The molecule has 7 heteroatoms. The van der Waals surface area contributed by atoms with Crippen molar-refractivity contribution in [1.29, 1.82) is 0 Å². The van der Waals surface area contributed by atoms with Crippen LogP contribution in [0.25, 0.3) is 11.0 Å². The molecule has 0 fully saturated rings. The van der Waals surface area contributed by atoms with Gasteiger partial charge in [-0.1, -0.05) is 68.2 Å². The highest BCUT2D eigenvalue weighted by Crippen LogP contribution is 2.23. The number of nitrogens with zero attached hydrogens (tertiary/aromatic N) is 3. The molecule has 7 nitrogen and oxygen atoms in total. The summed E-state index contributed by atoms with van der Waals surface area (Å²) >= 11 is 0. The Kier molecular flexibility index (Phi) is 17.3. The molecule has 0 bridgehead atoms. The van der Waals surface area contributed by atoms with Gasteiger partial charge in [-0.3, -0.25) is 9.78 Å². The van der Waals surface area contributed by atoms with E-state index >= 15 is 0 Å².